The van der Waals surface area contributed by atoms with Gasteiger partial charge >= 0.3 is 17.9 Å². The van der Waals surface area contributed by atoms with Crippen molar-refractivity contribution in [2.45, 2.75) is 182 Å². The summed E-state index contributed by atoms with van der Waals surface area (Å²) in [4.78, 5) is 82.0. The first-order valence-electron chi connectivity index (χ1n) is 30.9. The first-order chi connectivity index (χ1) is 42.1. The molecule has 6 atom stereocenters. The number of carboxylic acid groups (broad SMARTS) is 1. The Morgan fingerprint density at radius 2 is 0.778 bits per heavy atom. The van der Waals surface area contributed by atoms with Crippen LogP contribution in [0.2, 0.25) is 0 Å². The first-order valence-corrected chi connectivity index (χ1v) is 33.8. The molecule has 0 heterocycles. The molecule has 482 valence electrons. The van der Waals surface area contributed by atoms with Crippen molar-refractivity contribution >= 4 is 70.8 Å². The lowest BCUT2D eigenvalue weighted by Crippen LogP contribution is -2.40. The minimum atomic E-state index is -1.37. The van der Waals surface area contributed by atoms with E-state index in [1.807, 2.05) is 148 Å². The summed E-state index contributed by atoms with van der Waals surface area (Å²) in [7, 11) is 0. The number of carboxylic acids is 1. The van der Waals surface area contributed by atoms with Crippen LogP contribution in [0.1, 0.15) is 171 Å². The highest BCUT2D eigenvalue weighted by molar-refractivity contribution is 7.99. The van der Waals surface area contributed by atoms with Gasteiger partial charge in [0.15, 0.2) is 28.6 Å². The Morgan fingerprint density at radius 3 is 1.16 bits per heavy atom. The molecule has 6 aromatic rings. The summed E-state index contributed by atoms with van der Waals surface area (Å²) < 4.78 is 30.0. The molecule has 0 fully saturated rings. The summed E-state index contributed by atoms with van der Waals surface area (Å²) in [6.45, 7) is 33.6. The summed E-state index contributed by atoms with van der Waals surface area (Å²) in [6.07, 6.45) is 4.98. The molecule has 0 aliphatic carbocycles. The van der Waals surface area contributed by atoms with Gasteiger partial charge in [-0.25, -0.2) is 14.4 Å². The quantitative estimate of drug-likeness (QED) is 0.0143. The molecular formula is C75H92O12S3. The van der Waals surface area contributed by atoms with E-state index in [-0.39, 0.29) is 58.8 Å². The fourth-order valence-electron chi connectivity index (χ4n) is 10.8. The third kappa shape index (κ3) is 18.9. The summed E-state index contributed by atoms with van der Waals surface area (Å²) in [5.74, 6) is -0.597. The van der Waals surface area contributed by atoms with Crippen molar-refractivity contribution in [3.63, 3.8) is 0 Å². The van der Waals surface area contributed by atoms with Crippen LogP contribution in [-0.4, -0.2) is 69.4 Å². The van der Waals surface area contributed by atoms with Crippen LogP contribution in [0.3, 0.4) is 0 Å². The van der Waals surface area contributed by atoms with Gasteiger partial charge in [-0.2, -0.15) is 0 Å². The second-order valence-electron chi connectivity index (χ2n) is 26.1. The number of esters is 1. The summed E-state index contributed by atoms with van der Waals surface area (Å²) in [6, 6.07) is 34.4. The van der Waals surface area contributed by atoms with Gasteiger partial charge in [0.2, 0.25) is 5.60 Å². The Bertz CT molecular complexity index is 3480. The average molecular weight is 1280 g/mol. The van der Waals surface area contributed by atoms with Crippen molar-refractivity contribution in [3.8, 4) is 17.2 Å². The largest absolute Gasteiger partial charge is 0.478 e. The van der Waals surface area contributed by atoms with Gasteiger partial charge < -0.3 is 28.2 Å². The van der Waals surface area contributed by atoms with Crippen LogP contribution in [0.25, 0.3) is 0 Å². The molecule has 0 bridgehead atoms. The molecule has 0 saturated carbocycles. The SMILES string of the molecule is CSc1ccc(C(=O)[C@H](C)[C@@H](C)CCc2cc(C)c(OC(C)(C)C(=O)OCSc3ccc(C(=O)[C@@H](C)[C@H](C)Cc4cc(C)c(OC(C)(C)C(=O)OSc5ccc(C(=O)[C@H](C)[C@@H](C)Cc6cc(C)c(OC(C)(C)C(=O)O)c(C)c6)cc5)c(C)c4)cc3)c(C)c2)cc1. The molecule has 6 aromatic carbocycles. The van der Waals surface area contributed by atoms with Crippen molar-refractivity contribution in [1.29, 1.82) is 0 Å². The second-order valence-corrected chi connectivity index (χ2v) is 28.8. The Balaban J connectivity index is 0.932. The number of ketones is 3. The number of thioether (sulfide) groups is 2. The van der Waals surface area contributed by atoms with Crippen LogP contribution in [0.15, 0.2) is 124 Å². The number of aryl methyl sites for hydroxylation is 7. The van der Waals surface area contributed by atoms with Crippen LogP contribution in [0.4, 0.5) is 0 Å². The molecule has 15 heteroatoms. The Kier molecular flexibility index (Phi) is 24.9. The minimum Gasteiger partial charge on any atom is -0.478 e. The first kappa shape index (κ1) is 72.3. The number of ether oxygens (including phenoxy) is 4. The van der Waals surface area contributed by atoms with Crippen molar-refractivity contribution in [2.75, 3.05) is 12.2 Å². The van der Waals surface area contributed by atoms with E-state index < -0.39 is 34.7 Å². The molecule has 6 rings (SSSR count). The van der Waals surface area contributed by atoms with E-state index in [9.17, 15) is 33.9 Å². The van der Waals surface area contributed by atoms with Crippen LogP contribution in [0.5, 0.6) is 17.2 Å². The molecule has 0 radical (unpaired) electrons. The normalized spacial score (nSPS) is 13.9. The highest BCUT2D eigenvalue weighted by Gasteiger charge is 2.36. The van der Waals surface area contributed by atoms with Crippen LogP contribution in [0, 0.1) is 77.0 Å². The highest BCUT2D eigenvalue weighted by atomic mass is 32.2. The van der Waals surface area contributed by atoms with Crippen molar-refractivity contribution in [3.05, 3.63) is 176 Å². The highest BCUT2D eigenvalue weighted by Crippen LogP contribution is 2.36. The van der Waals surface area contributed by atoms with Gasteiger partial charge in [0.1, 0.15) is 23.2 Å². The molecule has 0 aromatic heterocycles. The third-order valence-corrected chi connectivity index (χ3v) is 19.5. The second kappa shape index (κ2) is 31.0. The van der Waals surface area contributed by atoms with E-state index in [4.69, 9.17) is 23.1 Å². The lowest BCUT2D eigenvalue weighted by atomic mass is 9.84. The monoisotopic (exact) mass is 1280 g/mol. The number of rotatable bonds is 31. The lowest BCUT2D eigenvalue weighted by Gasteiger charge is -2.27. The maximum atomic E-state index is 13.8. The van der Waals surface area contributed by atoms with Gasteiger partial charge in [0.05, 0.1) is 12.0 Å². The smallest absolute Gasteiger partial charge is 0.362 e. The minimum absolute atomic E-state index is 0.000881. The third-order valence-electron chi connectivity index (χ3n) is 17.2. The van der Waals surface area contributed by atoms with Crippen LogP contribution >= 0.6 is 35.6 Å². The van der Waals surface area contributed by atoms with E-state index >= 15 is 0 Å². The number of carbonyl (C=O) groups is 6. The summed E-state index contributed by atoms with van der Waals surface area (Å²) >= 11 is 3.91. The maximum Gasteiger partial charge on any atom is 0.362 e. The lowest BCUT2D eigenvalue weighted by molar-refractivity contribution is -0.157. The number of carbonyl (C=O) groups excluding carboxylic acids is 5. The molecule has 0 amide bonds. The topological polar surface area (TPSA) is 169 Å². The van der Waals surface area contributed by atoms with Crippen molar-refractivity contribution in [1.82, 2.24) is 0 Å². The van der Waals surface area contributed by atoms with E-state index in [2.05, 4.69) is 26.0 Å². The fraction of sp³-hybridized carbons (Fsp3) is 0.440. The predicted octanol–water partition coefficient (Wildman–Crippen LogP) is 17.8. The van der Waals surface area contributed by atoms with Crippen LogP contribution < -0.4 is 14.2 Å². The Labute approximate surface area is 547 Å². The van der Waals surface area contributed by atoms with Gasteiger partial charge in [-0.15, -0.1) is 11.8 Å². The molecular weight excluding hydrogens is 1190 g/mol. The predicted molar refractivity (Wildman–Crippen MR) is 363 cm³/mol. The molecule has 0 unspecified atom stereocenters. The molecule has 90 heavy (non-hydrogen) atoms. The average Bonchev–Trinajstić information content (AvgIpc) is 1.41. The van der Waals surface area contributed by atoms with Gasteiger partial charge in [-0.3, -0.25) is 14.4 Å². The standard InChI is InChI=1S/C75H92O12S3/c1-43(52(10)64(76)58-22-28-61(88-19)29-23-58)20-21-55-36-46(4)68(47(5)37-55)85-74(15,16)71(81)83-42-89-62-30-24-59(25-31-62)65(77)53(11)44(2)35-57-40-50(8)69(51(9)41-57)86-75(17,18)72(82)87-90-63-32-26-60(27-33-63)66(78)54(12)45(3)34-56-38-48(6)67(49(7)39-56)84-73(13,14)70(79)80/h22-33,36-41,43-45,52-54H,20-21,34-35,42H2,1-19H3,(H,79,80)/t43-,44+,45-,52+,53-,54+/m0/s1. The molecule has 0 spiro atoms. The summed E-state index contributed by atoms with van der Waals surface area (Å²) in [5.41, 5.74) is 6.36. The van der Waals surface area contributed by atoms with Gasteiger partial charge in [-0.05, 0) is 219 Å². The zero-order chi connectivity index (χ0) is 66.7. The number of aliphatic carboxylic acids is 1. The number of hydrogen-bond acceptors (Lipinski definition) is 14. The van der Waals surface area contributed by atoms with Crippen molar-refractivity contribution in [2.24, 2.45) is 35.5 Å². The van der Waals surface area contributed by atoms with Crippen LogP contribution in [-0.2, 0) is 42.6 Å². The summed E-state index contributed by atoms with van der Waals surface area (Å²) in [5, 5.41) is 9.56. The van der Waals surface area contributed by atoms with Gasteiger partial charge in [0, 0.05) is 49.1 Å². The van der Waals surface area contributed by atoms with E-state index in [0.717, 1.165) is 90.3 Å². The molecule has 12 nitrogen and oxygen atoms in total. The van der Waals surface area contributed by atoms with Gasteiger partial charge in [0.25, 0.3) is 0 Å². The van der Waals surface area contributed by atoms with E-state index in [0.29, 0.717) is 46.1 Å². The molecule has 0 saturated heterocycles. The van der Waals surface area contributed by atoms with E-state index in [1.54, 1.807) is 63.7 Å². The number of benzene rings is 6. The Hall–Kier alpha value is -6.81. The molecule has 1 N–H and O–H groups in total. The zero-order valence-corrected chi connectivity index (χ0v) is 58.5. The number of hydrogen-bond donors (Lipinski definition) is 1. The molecule has 0 aliphatic heterocycles. The zero-order valence-electron chi connectivity index (χ0n) is 56.1. The van der Waals surface area contributed by atoms with Gasteiger partial charge in [-0.1, -0.05) is 126 Å². The molecule has 0 aliphatic rings. The fourth-order valence-corrected chi connectivity index (χ4v) is 12.5. The van der Waals surface area contributed by atoms with E-state index in [1.165, 1.54) is 25.6 Å². The number of Topliss-reactive ketones (excluding diaryl/α,β-unsaturated/α-hetero) is 3. The van der Waals surface area contributed by atoms with Crippen molar-refractivity contribution < 1.29 is 57.0 Å². The maximum absolute atomic E-state index is 13.8. The Morgan fingerprint density at radius 1 is 0.444 bits per heavy atom.